The van der Waals surface area contributed by atoms with Gasteiger partial charge in [0.15, 0.2) is 0 Å². The van der Waals surface area contributed by atoms with Gasteiger partial charge in [0.25, 0.3) is 5.56 Å². The summed E-state index contributed by atoms with van der Waals surface area (Å²) in [5.41, 5.74) is 0.241. The van der Waals surface area contributed by atoms with Crippen LogP contribution < -0.4 is 10.9 Å². The number of amides is 1. The standard InChI is InChI=1S/C18H24N4O4S/c1-4-22(5-2)27(25,26)15-9-10-18(24)21(12-15)13-17(23)20-14(3)16-8-6-7-11-19-16/h6-12,14H,4-5,13H2,1-3H3,(H,20,23). The van der Waals surface area contributed by atoms with Crippen LogP contribution >= 0.6 is 0 Å². The van der Waals surface area contributed by atoms with Crippen LogP contribution in [0.2, 0.25) is 0 Å². The molecule has 0 spiro atoms. The van der Waals surface area contributed by atoms with Gasteiger partial charge >= 0.3 is 0 Å². The molecule has 0 aliphatic rings. The second-order valence-electron chi connectivity index (χ2n) is 5.96. The third-order valence-corrected chi connectivity index (χ3v) is 6.16. The molecule has 0 radical (unpaired) electrons. The maximum Gasteiger partial charge on any atom is 0.251 e. The first-order chi connectivity index (χ1) is 12.8. The summed E-state index contributed by atoms with van der Waals surface area (Å²) in [6, 6.07) is 7.47. The number of aromatic nitrogens is 2. The minimum Gasteiger partial charge on any atom is -0.346 e. The van der Waals surface area contributed by atoms with Gasteiger partial charge in [-0.3, -0.25) is 14.6 Å². The molecule has 2 rings (SSSR count). The van der Waals surface area contributed by atoms with Gasteiger partial charge in [0, 0.05) is 31.5 Å². The predicted molar refractivity (Wildman–Crippen MR) is 102 cm³/mol. The van der Waals surface area contributed by atoms with Crippen molar-refractivity contribution >= 4 is 15.9 Å². The highest BCUT2D eigenvalue weighted by molar-refractivity contribution is 7.89. The Balaban J connectivity index is 2.19. The SMILES string of the molecule is CCN(CC)S(=O)(=O)c1ccc(=O)n(CC(=O)NC(C)c2ccccn2)c1. The largest absolute Gasteiger partial charge is 0.346 e. The molecule has 0 aliphatic carbocycles. The zero-order valence-electron chi connectivity index (χ0n) is 15.6. The van der Waals surface area contributed by atoms with Crippen LogP contribution in [0.5, 0.6) is 0 Å². The average molecular weight is 392 g/mol. The minimum atomic E-state index is -3.71. The number of nitrogens with zero attached hydrogens (tertiary/aromatic N) is 3. The third kappa shape index (κ3) is 5.01. The van der Waals surface area contributed by atoms with Crippen LogP contribution in [-0.2, 0) is 21.4 Å². The summed E-state index contributed by atoms with van der Waals surface area (Å²) in [5, 5.41) is 2.75. The van der Waals surface area contributed by atoms with Gasteiger partial charge in [-0.2, -0.15) is 4.31 Å². The zero-order chi connectivity index (χ0) is 20.0. The van der Waals surface area contributed by atoms with Crippen molar-refractivity contribution in [3.63, 3.8) is 0 Å². The molecular weight excluding hydrogens is 368 g/mol. The number of carbonyl (C=O) groups excluding carboxylic acids is 1. The summed E-state index contributed by atoms with van der Waals surface area (Å²) >= 11 is 0. The number of sulfonamides is 1. The highest BCUT2D eigenvalue weighted by Gasteiger charge is 2.22. The van der Waals surface area contributed by atoms with Crippen molar-refractivity contribution in [2.75, 3.05) is 13.1 Å². The molecule has 27 heavy (non-hydrogen) atoms. The van der Waals surface area contributed by atoms with Crippen LogP contribution in [-0.4, -0.2) is 41.3 Å². The summed E-state index contributed by atoms with van der Waals surface area (Å²) in [6.45, 7) is 5.62. The van der Waals surface area contributed by atoms with Crippen LogP contribution in [0.3, 0.4) is 0 Å². The van der Waals surface area contributed by atoms with Crippen molar-refractivity contribution in [3.8, 4) is 0 Å². The van der Waals surface area contributed by atoms with Crippen molar-refractivity contribution in [1.29, 1.82) is 0 Å². The Bertz CT molecular complexity index is 937. The molecule has 0 aliphatic heterocycles. The van der Waals surface area contributed by atoms with E-state index in [2.05, 4.69) is 10.3 Å². The van der Waals surface area contributed by atoms with E-state index in [-0.39, 0.29) is 17.5 Å². The number of nitrogens with one attached hydrogen (secondary N) is 1. The normalized spacial score (nSPS) is 12.7. The van der Waals surface area contributed by atoms with E-state index >= 15 is 0 Å². The number of hydrogen-bond donors (Lipinski definition) is 1. The van der Waals surface area contributed by atoms with E-state index in [0.717, 1.165) is 10.6 Å². The fourth-order valence-electron chi connectivity index (χ4n) is 2.65. The molecule has 2 heterocycles. The smallest absolute Gasteiger partial charge is 0.251 e. The molecule has 2 aromatic heterocycles. The lowest BCUT2D eigenvalue weighted by Crippen LogP contribution is -2.35. The topological polar surface area (TPSA) is 101 Å². The van der Waals surface area contributed by atoms with Crippen molar-refractivity contribution < 1.29 is 13.2 Å². The fraction of sp³-hybridized carbons (Fsp3) is 0.389. The lowest BCUT2D eigenvalue weighted by Gasteiger charge is -2.19. The summed E-state index contributed by atoms with van der Waals surface area (Å²) < 4.78 is 27.6. The Kier molecular flexibility index (Phi) is 6.86. The van der Waals surface area contributed by atoms with E-state index in [1.54, 1.807) is 39.1 Å². The summed E-state index contributed by atoms with van der Waals surface area (Å²) in [6.07, 6.45) is 2.84. The molecule has 2 aromatic rings. The van der Waals surface area contributed by atoms with Gasteiger partial charge in [-0.1, -0.05) is 19.9 Å². The van der Waals surface area contributed by atoms with Gasteiger partial charge in [0.05, 0.1) is 16.6 Å². The highest BCUT2D eigenvalue weighted by atomic mass is 32.2. The molecule has 0 saturated carbocycles. The summed E-state index contributed by atoms with van der Waals surface area (Å²) in [4.78, 5) is 28.5. The number of pyridine rings is 2. The quantitative estimate of drug-likeness (QED) is 0.726. The molecule has 1 unspecified atom stereocenters. The molecule has 146 valence electrons. The number of carbonyl (C=O) groups is 1. The van der Waals surface area contributed by atoms with Gasteiger partial charge in [0.1, 0.15) is 6.54 Å². The molecule has 1 N–H and O–H groups in total. The predicted octanol–water partition coefficient (Wildman–Crippen LogP) is 1.15. The van der Waals surface area contributed by atoms with Crippen molar-refractivity contribution in [1.82, 2.24) is 19.2 Å². The average Bonchev–Trinajstić information content (AvgIpc) is 2.64. The van der Waals surface area contributed by atoms with E-state index < -0.39 is 21.5 Å². The molecule has 1 amide bonds. The first-order valence-electron chi connectivity index (χ1n) is 8.70. The first kappa shape index (κ1) is 20.8. The van der Waals surface area contributed by atoms with E-state index in [1.807, 2.05) is 6.07 Å². The van der Waals surface area contributed by atoms with Gasteiger partial charge in [-0.25, -0.2) is 8.42 Å². The van der Waals surface area contributed by atoms with E-state index in [0.29, 0.717) is 18.8 Å². The molecule has 1 atom stereocenters. The molecule has 9 heteroatoms. The number of hydrogen-bond acceptors (Lipinski definition) is 5. The van der Waals surface area contributed by atoms with Crippen LogP contribution in [0.1, 0.15) is 32.5 Å². The Morgan fingerprint density at radius 2 is 1.93 bits per heavy atom. The summed E-state index contributed by atoms with van der Waals surface area (Å²) in [5.74, 6) is -0.410. The van der Waals surface area contributed by atoms with E-state index in [4.69, 9.17) is 0 Å². The van der Waals surface area contributed by atoms with Gasteiger partial charge in [-0.05, 0) is 25.1 Å². The Labute approximate surface area is 158 Å². The lowest BCUT2D eigenvalue weighted by molar-refractivity contribution is -0.122. The Hall–Kier alpha value is -2.52. The van der Waals surface area contributed by atoms with Crippen LogP contribution in [0.15, 0.2) is 52.4 Å². The number of rotatable bonds is 8. The first-order valence-corrected chi connectivity index (χ1v) is 10.1. The monoisotopic (exact) mass is 392 g/mol. The molecular formula is C18H24N4O4S. The molecule has 0 saturated heterocycles. The van der Waals surface area contributed by atoms with Crippen LogP contribution in [0.25, 0.3) is 0 Å². The molecule has 0 fully saturated rings. The van der Waals surface area contributed by atoms with Crippen molar-refractivity contribution in [2.24, 2.45) is 0 Å². The molecule has 8 nitrogen and oxygen atoms in total. The van der Waals surface area contributed by atoms with Crippen molar-refractivity contribution in [3.05, 3.63) is 58.8 Å². The molecule has 0 aromatic carbocycles. The fourth-order valence-corrected chi connectivity index (χ4v) is 4.12. The second-order valence-corrected chi connectivity index (χ2v) is 7.90. The van der Waals surface area contributed by atoms with E-state index in [1.165, 1.54) is 16.6 Å². The maximum atomic E-state index is 12.6. The van der Waals surface area contributed by atoms with Gasteiger partial charge in [-0.15, -0.1) is 0 Å². The summed E-state index contributed by atoms with van der Waals surface area (Å²) in [7, 11) is -3.71. The van der Waals surface area contributed by atoms with Gasteiger partial charge in [0.2, 0.25) is 15.9 Å². The van der Waals surface area contributed by atoms with Crippen molar-refractivity contribution in [2.45, 2.75) is 38.3 Å². The maximum absolute atomic E-state index is 12.6. The van der Waals surface area contributed by atoms with E-state index in [9.17, 15) is 18.0 Å². The highest BCUT2D eigenvalue weighted by Crippen LogP contribution is 2.14. The van der Waals surface area contributed by atoms with Crippen LogP contribution in [0, 0.1) is 0 Å². The lowest BCUT2D eigenvalue weighted by atomic mass is 10.2. The van der Waals surface area contributed by atoms with Gasteiger partial charge < -0.3 is 9.88 Å². The third-order valence-electron chi connectivity index (χ3n) is 4.12. The second kappa shape index (κ2) is 8.92. The Morgan fingerprint density at radius 1 is 1.22 bits per heavy atom. The molecule has 0 bridgehead atoms. The Morgan fingerprint density at radius 3 is 2.52 bits per heavy atom. The minimum absolute atomic E-state index is 0.0172. The zero-order valence-corrected chi connectivity index (χ0v) is 16.4. The van der Waals surface area contributed by atoms with Crippen LogP contribution in [0.4, 0.5) is 0 Å².